The Morgan fingerprint density at radius 2 is 1.70 bits per heavy atom. The molecule has 172 valence electrons. The van der Waals surface area contributed by atoms with Crippen LogP contribution >= 0.6 is 18.1 Å². The molecule has 1 amide bonds. The quantitative estimate of drug-likeness (QED) is 0.416. The number of alkyl halides is 2. The summed E-state index contributed by atoms with van der Waals surface area (Å²) in [5.41, 5.74) is -4.19. The molecule has 1 rings (SSSR count). The van der Waals surface area contributed by atoms with Gasteiger partial charge in [-0.05, 0) is 64.1 Å². The van der Waals surface area contributed by atoms with Crippen LogP contribution in [0.25, 0.3) is 0 Å². The van der Waals surface area contributed by atoms with Crippen molar-refractivity contribution in [3.63, 3.8) is 0 Å². The van der Waals surface area contributed by atoms with E-state index in [0.717, 1.165) is 0 Å². The maximum Gasteiger partial charge on any atom is 0.407 e. The predicted octanol–water partition coefficient (Wildman–Crippen LogP) is 5.63. The maximum absolute atomic E-state index is 15.2. The van der Waals surface area contributed by atoms with Crippen molar-refractivity contribution in [1.29, 1.82) is 0 Å². The van der Waals surface area contributed by atoms with E-state index in [9.17, 15) is 9.90 Å². The fourth-order valence-electron chi connectivity index (χ4n) is 2.54. The van der Waals surface area contributed by atoms with Gasteiger partial charge in [0.15, 0.2) is 0 Å². The SMILES string of the molecule is CCOP(=S)(OCC)C(F)(F)C[C@@H](NC(=O)OC(C)(C)C)[C@@H](O)c1ccc(Cl)cc1. The van der Waals surface area contributed by atoms with Crippen LogP contribution in [0.2, 0.25) is 5.02 Å². The van der Waals surface area contributed by atoms with Gasteiger partial charge in [0, 0.05) is 11.4 Å². The van der Waals surface area contributed by atoms with Crippen molar-refractivity contribution in [2.75, 3.05) is 13.2 Å². The third kappa shape index (κ3) is 8.02. The molecule has 0 bridgehead atoms. The van der Waals surface area contributed by atoms with Crippen molar-refractivity contribution in [3.8, 4) is 0 Å². The van der Waals surface area contributed by atoms with Gasteiger partial charge in [0.05, 0.1) is 25.4 Å². The highest BCUT2D eigenvalue weighted by molar-refractivity contribution is 8.10. The summed E-state index contributed by atoms with van der Waals surface area (Å²) in [6.45, 7) is 3.84. The van der Waals surface area contributed by atoms with Crippen LogP contribution in [0, 0.1) is 0 Å². The molecule has 0 aliphatic rings. The molecule has 30 heavy (non-hydrogen) atoms. The minimum absolute atomic E-state index is 0.0588. The summed E-state index contributed by atoms with van der Waals surface area (Å²) in [6, 6.07) is 4.55. The predicted molar refractivity (Wildman–Crippen MR) is 117 cm³/mol. The van der Waals surface area contributed by atoms with Crippen molar-refractivity contribution in [3.05, 3.63) is 34.9 Å². The molecule has 2 atom stereocenters. The Morgan fingerprint density at radius 1 is 1.20 bits per heavy atom. The number of nitrogens with one attached hydrogen (secondary N) is 1. The van der Waals surface area contributed by atoms with Crippen LogP contribution in [-0.4, -0.2) is 41.7 Å². The van der Waals surface area contributed by atoms with Gasteiger partial charge in [-0.15, -0.1) is 0 Å². The lowest BCUT2D eigenvalue weighted by atomic mass is 10.00. The Morgan fingerprint density at radius 3 is 2.13 bits per heavy atom. The van der Waals surface area contributed by atoms with E-state index in [2.05, 4.69) is 5.32 Å². The van der Waals surface area contributed by atoms with Gasteiger partial charge in [-0.1, -0.05) is 23.7 Å². The highest BCUT2D eigenvalue weighted by Crippen LogP contribution is 2.64. The van der Waals surface area contributed by atoms with Crippen molar-refractivity contribution in [2.24, 2.45) is 0 Å². The molecule has 0 heterocycles. The molecule has 0 fully saturated rings. The smallest absolute Gasteiger partial charge is 0.407 e. The molecular weight excluding hydrogens is 459 g/mol. The van der Waals surface area contributed by atoms with Gasteiger partial charge in [-0.3, -0.25) is 0 Å². The number of hydrogen-bond acceptors (Lipinski definition) is 6. The standard InChI is InChI=1S/C19H29ClF2NO5PS/c1-6-26-29(30,27-7-2)19(21,22)12-15(23-17(25)28-18(3,4)5)16(24)13-8-10-14(20)11-9-13/h8-11,15-16,24H,6-7,12H2,1-5H3,(H,23,25)/t15-,16+/m1/s1. The molecule has 0 spiro atoms. The van der Waals surface area contributed by atoms with Gasteiger partial charge in [-0.25, -0.2) is 4.79 Å². The third-order valence-electron chi connectivity index (χ3n) is 3.76. The minimum Gasteiger partial charge on any atom is -0.444 e. The zero-order chi connectivity index (χ0) is 23.2. The number of aliphatic hydroxyl groups excluding tert-OH is 1. The van der Waals surface area contributed by atoms with E-state index in [1.165, 1.54) is 38.1 Å². The fraction of sp³-hybridized carbons (Fsp3) is 0.632. The average molecular weight is 488 g/mol. The zero-order valence-electron chi connectivity index (χ0n) is 17.7. The minimum atomic E-state index is -4.02. The monoisotopic (exact) mass is 487 g/mol. The van der Waals surface area contributed by atoms with Gasteiger partial charge in [0.1, 0.15) is 5.60 Å². The maximum atomic E-state index is 15.2. The summed E-state index contributed by atoms with van der Waals surface area (Å²) >= 11 is 10.9. The number of benzene rings is 1. The zero-order valence-corrected chi connectivity index (χ0v) is 20.1. The molecule has 0 aliphatic heterocycles. The second-order valence-corrected chi connectivity index (χ2v) is 11.5. The molecule has 1 aromatic rings. The Bertz CT molecular complexity index is 735. The molecule has 0 unspecified atom stereocenters. The number of carbonyl (C=O) groups excluding carboxylic acids is 1. The second-order valence-electron chi connectivity index (χ2n) is 7.45. The molecular formula is C19H29ClF2NO5PS. The van der Waals surface area contributed by atoms with Crippen LogP contribution < -0.4 is 5.32 Å². The molecule has 0 radical (unpaired) electrons. The number of amides is 1. The molecule has 0 aromatic heterocycles. The van der Waals surface area contributed by atoms with Gasteiger partial charge in [0.2, 0.25) is 0 Å². The summed E-state index contributed by atoms with van der Waals surface area (Å²) in [5, 5.41) is 13.5. The van der Waals surface area contributed by atoms with E-state index in [1.807, 2.05) is 0 Å². The van der Waals surface area contributed by atoms with Crippen molar-refractivity contribution in [2.45, 2.75) is 64.4 Å². The lowest BCUT2D eigenvalue weighted by Crippen LogP contribution is -2.45. The number of aliphatic hydroxyl groups is 1. The topological polar surface area (TPSA) is 77.0 Å². The first-order valence-corrected chi connectivity index (χ1v) is 12.5. The molecule has 0 saturated carbocycles. The number of halogens is 3. The van der Waals surface area contributed by atoms with Gasteiger partial charge >= 0.3 is 11.8 Å². The van der Waals surface area contributed by atoms with E-state index in [-0.39, 0.29) is 18.8 Å². The summed E-state index contributed by atoms with van der Waals surface area (Å²) in [5.74, 6) is 0. The van der Waals surface area contributed by atoms with Crippen LogP contribution in [0.15, 0.2) is 24.3 Å². The number of ether oxygens (including phenoxy) is 1. The molecule has 6 nitrogen and oxygen atoms in total. The number of alkyl carbamates (subject to hydrolysis) is 1. The first-order chi connectivity index (χ1) is 13.7. The van der Waals surface area contributed by atoms with Crippen LogP contribution in [-0.2, 0) is 25.6 Å². The summed E-state index contributed by atoms with van der Waals surface area (Å²) in [6.07, 6.45) is -3.43. The van der Waals surface area contributed by atoms with Crippen LogP contribution in [0.5, 0.6) is 0 Å². The van der Waals surface area contributed by atoms with Crippen molar-refractivity contribution >= 4 is 36.0 Å². The van der Waals surface area contributed by atoms with E-state index in [0.29, 0.717) is 5.02 Å². The van der Waals surface area contributed by atoms with Crippen molar-refractivity contribution < 1.29 is 32.5 Å². The Hall–Kier alpha value is -0.830. The fourth-order valence-corrected chi connectivity index (χ4v) is 5.07. The van der Waals surface area contributed by atoms with E-state index in [1.54, 1.807) is 20.8 Å². The molecule has 0 aliphatic carbocycles. The summed E-state index contributed by atoms with van der Waals surface area (Å²) in [4.78, 5) is 12.3. The Kier molecular flexibility index (Phi) is 10.1. The summed E-state index contributed by atoms with van der Waals surface area (Å²) < 4.78 is 45.8. The first-order valence-electron chi connectivity index (χ1n) is 9.44. The Balaban J connectivity index is 3.22. The largest absolute Gasteiger partial charge is 0.444 e. The van der Waals surface area contributed by atoms with Crippen LogP contribution in [0.3, 0.4) is 0 Å². The summed E-state index contributed by atoms with van der Waals surface area (Å²) in [7, 11) is 0. The normalized spacial score (nSPS) is 14.8. The van der Waals surface area contributed by atoms with Gasteiger partial charge < -0.3 is 24.2 Å². The van der Waals surface area contributed by atoms with E-state index >= 15 is 8.78 Å². The third-order valence-corrected chi connectivity index (χ3v) is 7.62. The lowest BCUT2D eigenvalue weighted by molar-refractivity contribution is 0.00683. The number of rotatable bonds is 10. The lowest BCUT2D eigenvalue weighted by Gasteiger charge is -2.34. The molecule has 1 aromatic carbocycles. The van der Waals surface area contributed by atoms with E-state index < -0.39 is 42.4 Å². The highest BCUT2D eigenvalue weighted by atomic mass is 35.5. The van der Waals surface area contributed by atoms with E-state index in [4.69, 9.17) is 37.2 Å². The first kappa shape index (κ1) is 27.2. The average Bonchev–Trinajstić information content (AvgIpc) is 2.59. The van der Waals surface area contributed by atoms with Gasteiger partial charge in [-0.2, -0.15) is 8.78 Å². The number of carbonyl (C=O) groups is 1. The highest BCUT2D eigenvalue weighted by Gasteiger charge is 2.51. The van der Waals surface area contributed by atoms with Crippen molar-refractivity contribution in [1.82, 2.24) is 5.32 Å². The van der Waals surface area contributed by atoms with Crippen LogP contribution in [0.1, 0.15) is 52.7 Å². The number of hydrogen-bond donors (Lipinski definition) is 2. The Labute approximate surface area is 186 Å². The van der Waals surface area contributed by atoms with Crippen LogP contribution in [0.4, 0.5) is 13.6 Å². The van der Waals surface area contributed by atoms with Gasteiger partial charge in [0.25, 0.3) is 6.49 Å². The molecule has 11 heteroatoms. The second kappa shape index (κ2) is 11.2. The molecule has 2 N–H and O–H groups in total. The molecule has 0 saturated heterocycles.